The van der Waals surface area contributed by atoms with Crippen LogP contribution in [0.4, 0.5) is 0 Å². The van der Waals surface area contributed by atoms with E-state index in [1.165, 1.54) is 11.1 Å². The molecule has 0 saturated heterocycles. The van der Waals surface area contributed by atoms with Gasteiger partial charge in [-0.2, -0.15) is 0 Å². The highest BCUT2D eigenvalue weighted by atomic mass is 14.7. The molecule has 0 N–H and O–H groups in total. The Bertz CT molecular complexity index is 274. The largest absolute Gasteiger partial charge is 0.261 e. The van der Waals surface area contributed by atoms with Gasteiger partial charge in [-0.1, -0.05) is 26.0 Å². The Morgan fingerprint density at radius 1 is 1.23 bits per heavy atom. The number of allylic oxidation sites excluding steroid dienone is 1. The predicted molar refractivity (Wildman–Crippen MR) is 59.8 cm³/mol. The smallest absolute Gasteiger partial charge is 0.0402 e. The standard InChI is InChI=1S/C10H13N.C2H6/c1-4-5-10-6-8(2)9(3)11-7-10;1-2/h4-7H,1-3H3;1-2H3/b5-4+;. The van der Waals surface area contributed by atoms with Crippen molar-refractivity contribution in [3.05, 3.63) is 35.2 Å². The molecule has 1 heterocycles. The summed E-state index contributed by atoms with van der Waals surface area (Å²) in [5.41, 5.74) is 3.54. The van der Waals surface area contributed by atoms with E-state index in [1.54, 1.807) is 0 Å². The third-order valence-electron chi connectivity index (χ3n) is 1.72. The van der Waals surface area contributed by atoms with Crippen LogP contribution >= 0.6 is 0 Å². The van der Waals surface area contributed by atoms with Gasteiger partial charge < -0.3 is 0 Å². The fraction of sp³-hybridized carbons (Fsp3) is 0.417. The Morgan fingerprint density at radius 2 is 1.85 bits per heavy atom. The first-order valence-electron chi connectivity index (χ1n) is 4.80. The van der Waals surface area contributed by atoms with Crippen LogP contribution in [0.2, 0.25) is 0 Å². The van der Waals surface area contributed by atoms with Crippen LogP contribution in [0.1, 0.15) is 37.6 Å². The molecule has 13 heavy (non-hydrogen) atoms. The maximum absolute atomic E-state index is 4.25. The number of aryl methyl sites for hydroxylation is 2. The molecule has 0 aliphatic heterocycles. The van der Waals surface area contributed by atoms with E-state index in [0.29, 0.717) is 0 Å². The van der Waals surface area contributed by atoms with Crippen LogP contribution in [0.15, 0.2) is 18.3 Å². The second-order valence-electron chi connectivity index (χ2n) is 2.67. The van der Waals surface area contributed by atoms with E-state index in [4.69, 9.17) is 0 Å². The Labute approximate surface area is 81.5 Å². The summed E-state index contributed by atoms with van der Waals surface area (Å²) in [5, 5.41) is 0. The van der Waals surface area contributed by atoms with Crippen LogP contribution in [-0.4, -0.2) is 4.98 Å². The van der Waals surface area contributed by atoms with Crippen molar-refractivity contribution in [3.8, 4) is 0 Å². The summed E-state index contributed by atoms with van der Waals surface area (Å²) in [4.78, 5) is 4.25. The van der Waals surface area contributed by atoms with E-state index in [0.717, 1.165) is 5.69 Å². The summed E-state index contributed by atoms with van der Waals surface area (Å²) < 4.78 is 0. The normalized spacial score (nSPS) is 9.62. The van der Waals surface area contributed by atoms with E-state index in [2.05, 4.69) is 24.1 Å². The van der Waals surface area contributed by atoms with Crippen molar-refractivity contribution in [1.82, 2.24) is 4.98 Å². The zero-order valence-electron chi connectivity index (χ0n) is 9.26. The van der Waals surface area contributed by atoms with Gasteiger partial charge in [0, 0.05) is 11.9 Å². The summed E-state index contributed by atoms with van der Waals surface area (Å²) in [6.07, 6.45) is 5.97. The molecule has 0 saturated carbocycles. The van der Waals surface area contributed by atoms with E-state index >= 15 is 0 Å². The van der Waals surface area contributed by atoms with Gasteiger partial charge in [-0.3, -0.25) is 4.98 Å². The minimum Gasteiger partial charge on any atom is -0.261 e. The molecule has 0 unspecified atom stereocenters. The molecule has 72 valence electrons. The van der Waals surface area contributed by atoms with Crippen LogP contribution in [0.5, 0.6) is 0 Å². The number of rotatable bonds is 1. The molecule has 0 radical (unpaired) electrons. The first-order chi connectivity index (χ1) is 6.24. The zero-order valence-corrected chi connectivity index (χ0v) is 9.26. The summed E-state index contributed by atoms with van der Waals surface area (Å²) in [5.74, 6) is 0. The highest BCUT2D eigenvalue weighted by Gasteiger charge is 1.92. The van der Waals surface area contributed by atoms with E-state index in [-0.39, 0.29) is 0 Å². The SMILES string of the molecule is C/C=C/c1cnc(C)c(C)c1.CC. The van der Waals surface area contributed by atoms with E-state index in [9.17, 15) is 0 Å². The van der Waals surface area contributed by atoms with Crippen molar-refractivity contribution < 1.29 is 0 Å². The number of pyridine rings is 1. The van der Waals surface area contributed by atoms with Gasteiger partial charge in [0.15, 0.2) is 0 Å². The van der Waals surface area contributed by atoms with E-state index in [1.807, 2.05) is 40.0 Å². The lowest BCUT2D eigenvalue weighted by Gasteiger charge is -1.98. The van der Waals surface area contributed by atoms with Gasteiger partial charge in [0.2, 0.25) is 0 Å². The minimum atomic E-state index is 1.11. The highest BCUT2D eigenvalue weighted by molar-refractivity contribution is 5.48. The average Bonchev–Trinajstić information content (AvgIpc) is 2.15. The molecule has 1 heteroatoms. The van der Waals surface area contributed by atoms with Gasteiger partial charge in [0.25, 0.3) is 0 Å². The van der Waals surface area contributed by atoms with E-state index < -0.39 is 0 Å². The average molecular weight is 177 g/mol. The van der Waals surface area contributed by atoms with Gasteiger partial charge in [0.05, 0.1) is 0 Å². The number of aromatic nitrogens is 1. The van der Waals surface area contributed by atoms with Crippen molar-refractivity contribution in [2.75, 3.05) is 0 Å². The van der Waals surface area contributed by atoms with Crippen LogP contribution in [0.25, 0.3) is 6.08 Å². The topological polar surface area (TPSA) is 12.9 Å². The summed E-state index contributed by atoms with van der Waals surface area (Å²) >= 11 is 0. The van der Waals surface area contributed by atoms with Crippen LogP contribution in [-0.2, 0) is 0 Å². The molecule has 0 spiro atoms. The lowest BCUT2D eigenvalue weighted by Crippen LogP contribution is -1.86. The molecule has 1 nitrogen and oxygen atoms in total. The zero-order chi connectivity index (χ0) is 10.3. The van der Waals surface area contributed by atoms with Crippen molar-refractivity contribution in [3.63, 3.8) is 0 Å². The molecule has 0 aliphatic carbocycles. The number of hydrogen-bond donors (Lipinski definition) is 0. The molecule has 0 atom stereocenters. The van der Waals surface area contributed by atoms with Gasteiger partial charge in [-0.25, -0.2) is 0 Å². The molecule has 0 aliphatic rings. The van der Waals surface area contributed by atoms with Crippen molar-refractivity contribution >= 4 is 6.08 Å². The van der Waals surface area contributed by atoms with Crippen molar-refractivity contribution in [2.45, 2.75) is 34.6 Å². The summed E-state index contributed by atoms with van der Waals surface area (Å²) in [6.45, 7) is 10.1. The first kappa shape index (κ1) is 11.9. The summed E-state index contributed by atoms with van der Waals surface area (Å²) in [6, 6.07) is 2.14. The Balaban J connectivity index is 0.000000671. The third-order valence-corrected chi connectivity index (χ3v) is 1.72. The predicted octanol–water partition coefficient (Wildman–Crippen LogP) is 3.76. The third kappa shape index (κ3) is 3.88. The molecule has 1 rings (SSSR count). The van der Waals surface area contributed by atoms with Gasteiger partial charge in [-0.15, -0.1) is 0 Å². The maximum atomic E-state index is 4.25. The lowest BCUT2D eigenvalue weighted by molar-refractivity contribution is 1.14. The molecule has 1 aromatic heterocycles. The second kappa shape index (κ2) is 6.41. The monoisotopic (exact) mass is 177 g/mol. The van der Waals surface area contributed by atoms with Gasteiger partial charge in [0.1, 0.15) is 0 Å². The molecule has 1 aromatic rings. The van der Waals surface area contributed by atoms with Crippen LogP contribution < -0.4 is 0 Å². The Morgan fingerprint density at radius 3 is 2.31 bits per heavy atom. The van der Waals surface area contributed by atoms with Crippen LogP contribution in [0, 0.1) is 13.8 Å². The van der Waals surface area contributed by atoms with Crippen LogP contribution in [0.3, 0.4) is 0 Å². The molecular formula is C12H19N. The van der Waals surface area contributed by atoms with Gasteiger partial charge in [-0.05, 0) is 38.0 Å². The Kier molecular flexibility index (Phi) is 5.86. The van der Waals surface area contributed by atoms with Gasteiger partial charge >= 0.3 is 0 Å². The quantitative estimate of drug-likeness (QED) is 0.636. The second-order valence-corrected chi connectivity index (χ2v) is 2.67. The highest BCUT2D eigenvalue weighted by Crippen LogP contribution is 2.07. The number of hydrogen-bond acceptors (Lipinski definition) is 1. The molecule has 0 amide bonds. The maximum Gasteiger partial charge on any atom is 0.0402 e. The molecular weight excluding hydrogens is 158 g/mol. The minimum absolute atomic E-state index is 1.11. The lowest BCUT2D eigenvalue weighted by atomic mass is 10.1. The summed E-state index contributed by atoms with van der Waals surface area (Å²) in [7, 11) is 0. The molecule has 0 bridgehead atoms. The first-order valence-corrected chi connectivity index (χ1v) is 4.80. The fourth-order valence-corrected chi connectivity index (χ4v) is 0.948. The molecule has 0 fully saturated rings. The molecule has 0 aromatic carbocycles. The Hall–Kier alpha value is -1.11. The van der Waals surface area contributed by atoms with Crippen molar-refractivity contribution in [1.29, 1.82) is 0 Å². The number of nitrogens with zero attached hydrogens (tertiary/aromatic N) is 1. The fourth-order valence-electron chi connectivity index (χ4n) is 0.948. The van der Waals surface area contributed by atoms with Crippen molar-refractivity contribution in [2.24, 2.45) is 0 Å².